The molecule has 10 aromatic carbocycles. The first-order valence-electron chi connectivity index (χ1n) is 18.9. The fraction of sp³-hybridized carbons (Fsp3) is 0. The van der Waals surface area contributed by atoms with Crippen molar-refractivity contribution in [1.29, 1.82) is 0 Å². The van der Waals surface area contributed by atoms with E-state index in [4.69, 9.17) is 0 Å². The molecular formula is C54H37N. The largest absolute Gasteiger partial charge is 0.310 e. The summed E-state index contributed by atoms with van der Waals surface area (Å²) in [5.74, 6) is 0. The molecule has 0 saturated heterocycles. The Morgan fingerprint density at radius 3 is 1.51 bits per heavy atom. The molecule has 10 aromatic rings. The van der Waals surface area contributed by atoms with E-state index in [0.29, 0.717) is 0 Å². The first-order valence-corrected chi connectivity index (χ1v) is 18.9. The lowest BCUT2D eigenvalue weighted by molar-refractivity contribution is 1.28. The van der Waals surface area contributed by atoms with Crippen molar-refractivity contribution in [3.05, 3.63) is 224 Å². The van der Waals surface area contributed by atoms with Crippen molar-refractivity contribution in [3.63, 3.8) is 0 Å². The van der Waals surface area contributed by atoms with Crippen LogP contribution in [-0.2, 0) is 0 Å². The van der Waals surface area contributed by atoms with Crippen molar-refractivity contribution >= 4 is 49.4 Å². The minimum Gasteiger partial charge on any atom is -0.310 e. The van der Waals surface area contributed by atoms with Crippen molar-refractivity contribution in [3.8, 4) is 44.5 Å². The monoisotopic (exact) mass is 699 g/mol. The fourth-order valence-electron chi connectivity index (χ4n) is 8.18. The summed E-state index contributed by atoms with van der Waals surface area (Å²) in [6.45, 7) is 0. The highest BCUT2D eigenvalue weighted by molar-refractivity contribution is 6.14. The number of hydrogen-bond donors (Lipinski definition) is 0. The van der Waals surface area contributed by atoms with Crippen LogP contribution in [0.15, 0.2) is 224 Å². The number of nitrogens with zero attached hydrogens (tertiary/aromatic N) is 1. The van der Waals surface area contributed by atoms with Gasteiger partial charge in [-0.1, -0.05) is 188 Å². The molecule has 1 heteroatoms. The van der Waals surface area contributed by atoms with Crippen LogP contribution in [0.5, 0.6) is 0 Å². The second-order valence-corrected chi connectivity index (χ2v) is 14.1. The second-order valence-electron chi connectivity index (χ2n) is 14.1. The first kappa shape index (κ1) is 32.4. The highest BCUT2D eigenvalue weighted by Gasteiger charge is 2.19. The Morgan fingerprint density at radius 1 is 0.236 bits per heavy atom. The Balaban J connectivity index is 1.13. The van der Waals surface area contributed by atoms with E-state index < -0.39 is 0 Å². The zero-order valence-electron chi connectivity index (χ0n) is 30.3. The molecular weight excluding hydrogens is 663 g/mol. The van der Waals surface area contributed by atoms with Gasteiger partial charge in [0.15, 0.2) is 0 Å². The van der Waals surface area contributed by atoms with Crippen LogP contribution in [-0.4, -0.2) is 0 Å². The molecule has 0 radical (unpaired) electrons. The Bertz CT molecular complexity index is 2950. The maximum absolute atomic E-state index is 2.42. The van der Waals surface area contributed by atoms with Gasteiger partial charge in [-0.05, 0) is 108 Å². The first-order chi connectivity index (χ1) is 27.3. The molecule has 258 valence electrons. The average molecular weight is 700 g/mol. The van der Waals surface area contributed by atoms with Crippen molar-refractivity contribution in [2.75, 3.05) is 4.90 Å². The lowest BCUT2D eigenvalue weighted by atomic mass is 9.93. The van der Waals surface area contributed by atoms with Crippen LogP contribution in [0.3, 0.4) is 0 Å². The number of rotatable bonds is 7. The number of anilines is 3. The minimum absolute atomic E-state index is 1.10. The van der Waals surface area contributed by atoms with Crippen LogP contribution < -0.4 is 4.90 Å². The van der Waals surface area contributed by atoms with E-state index in [1.807, 2.05) is 0 Å². The molecule has 0 unspecified atom stereocenters. The Kier molecular flexibility index (Phi) is 8.24. The van der Waals surface area contributed by atoms with Gasteiger partial charge in [0.1, 0.15) is 0 Å². The Labute approximate surface area is 322 Å². The van der Waals surface area contributed by atoms with Gasteiger partial charge in [0.05, 0.1) is 5.69 Å². The summed E-state index contributed by atoms with van der Waals surface area (Å²) in [6, 6.07) is 81.5. The SMILES string of the molecule is c1ccc(-c2ccc(-c3ccc(N(c4cccc(-c5cc6ccccc6c6ccccc56)c4)c4ccccc4-c4cccc5ccccc45)cc3)cc2)cc1. The lowest BCUT2D eigenvalue weighted by Gasteiger charge is -2.29. The van der Waals surface area contributed by atoms with E-state index in [0.717, 1.165) is 17.1 Å². The van der Waals surface area contributed by atoms with E-state index >= 15 is 0 Å². The average Bonchev–Trinajstić information content (AvgIpc) is 3.27. The van der Waals surface area contributed by atoms with Gasteiger partial charge in [-0.25, -0.2) is 0 Å². The summed E-state index contributed by atoms with van der Waals surface area (Å²) in [5.41, 5.74) is 12.9. The number of para-hydroxylation sites is 1. The maximum atomic E-state index is 2.42. The van der Waals surface area contributed by atoms with Crippen molar-refractivity contribution < 1.29 is 0 Å². The highest BCUT2D eigenvalue weighted by atomic mass is 15.1. The standard InChI is InChI=1S/C54H37N/c1-2-14-38(15-3-1)39-28-30-40(31-29-39)41-32-34-45(35-33-41)55(54-27-11-10-25-52(54)50-26-13-18-42-16-4-6-21-47(42)50)46-20-12-19-43(36-46)53-37-44-17-5-7-22-48(44)49-23-8-9-24-51(49)53/h1-37H. The molecule has 10 rings (SSSR count). The zero-order valence-corrected chi connectivity index (χ0v) is 30.3. The summed E-state index contributed by atoms with van der Waals surface area (Å²) in [4.78, 5) is 2.42. The third-order valence-corrected chi connectivity index (χ3v) is 10.9. The summed E-state index contributed by atoms with van der Waals surface area (Å²) < 4.78 is 0. The summed E-state index contributed by atoms with van der Waals surface area (Å²) in [7, 11) is 0. The van der Waals surface area contributed by atoms with E-state index in [-0.39, 0.29) is 0 Å². The highest BCUT2D eigenvalue weighted by Crippen LogP contribution is 2.44. The fourth-order valence-corrected chi connectivity index (χ4v) is 8.18. The smallest absolute Gasteiger partial charge is 0.0540 e. The van der Waals surface area contributed by atoms with E-state index in [1.54, 1.807) is 0 Å². The third kappa shape index (κ3) is 6.02. The number of hydrogen-bond acceptors (Lipinski definition) is 1. The van der Waals surface area contributed by atoms with Crippen LogP contribution in [0.4, 0.5) is 17.1 Å². The van der Waals surface area contributed by atoms with Gasteiger partial charge in [0.2, 0.25) is 0 Å². The predicted octanol–water partition coefficient (Wildman–Crippen LogP) is 15.3. The number of benzene rings is 10. The van der Waals surface area contributed by atoms with Crippen molar-refractivity contribution in [2.24, 2.45) is 0 Å². The summed E-state index contributed by atoms with van der Waals surface area (Å²) in [6.07, 6.45) is 0. The van der Waals surface area contributed by atoms with Crippen LogP contribution in [0.1, 0.15) is 0 Å². The molecule has 1 nitrogen and oxygen atoms in total. The number of fused-ring (bicyclic) bond motifs is 4. The van der Waals surface area contributed by atoms with Crippen LogP contribution in [0.2, 0.25) is 0 Å². The molecule has 0 aliphatic heterocycles. The van der Waals surface area contributed by atoms with E-state index in [2.05, 4.69) is 229 Å². The maximum Gasteiger partial charge on any atom is 0.0540 e. The van der Waals surface area contributed by atoms with E-state index in [1.165, 1.54) is 76.8 Å². The van der Waals surface area contributed by atoms with Gasteiger partial charge in [-0.15, -0.1) is 0 Å². The van der Waals surface area contributed by atoms with Gasteiger partial charge in [-0.2, -0.15) is 0 Å². The predicted molar refractivity (Wildman–Crippen MR) is 235 cm³/mol. The Morgan fingerprint density at radius 2 is 0.745 bits per heavy atom. The molecule has 0 heterocycles. The van der Waals surface area contributed by atoms with Gasteiger partial charge < -0.3 is 4.90 Å². The minimum atomic E-state index is 1.10. The van der Waals surface area contributed by atoms with Gasteiger partial charge in [0.25, 0.3) is 0 Å². The normalized spacial score (nSPS) is 11.3. The molecule has 0 aromatic heterocycles. The lowest BCUT2D eigenvalue weighted by Crippen LogP contribution is -2.11. The van der Waals surface area contributed by atoms with E-state index in [9.17, 15) is 0 Å². The molecule has 55 heavy (non-hydrogen) atoms. The molecule has 0 atom stereocenters. The second kappa shape index (κ2) is 14.0. The van der Waals surface area contributed by atoms with Crippen molar-refractivity contribution in [1.82, 2.24) is 0 Å². The Hall–Kier alpha value is -7.22. The third-order valence-electron chi connectivity index (χ3n) is 10.9. The van der Waals surface area contributed by atoms with Crippen LogP contribution >= 0.6 is 0 Å². The van der Waals surface area contributed by atoms with Gasteiger partial charge >= 0.3 is 0 Å². The summed E-state index contributed by atoms with van der Waals surface area (Å²) in [5, 5.41) is 7.51. The molecule has 0 aliphatic carbocycles. The quantitative estimate of drug-likeness (QED) is 0.150. The molecule has 0 N–H and O–H groups in total. The molecule has 0 bridgehead atoms. The van der Waals surface area contributed by atoms with Gasteiger partial charge in [-0.3, -0.25) is 0 Å². The molecule has 0 spiro atoms. The van der Waals surface area contributed by atoms with Gasteiger partial charge in [0, 0.05) is 16.9 Å². The van der Waals surface area contributed by atoms with Crippen LogP contribution in [0.25, 0.3) is 76.8 Å². The topological polar surface area (TPSA) is 3.24 Å². The summed E-state index contributed by atoms with van der Waals surface area (Å²) >= 11 is 0. The zero-order chi connectivity index (χ0) is 36.6. The van der Waals surface area contributed by atoms with Crippen molar-refractivity contribution in [2.45, 2.75) is 0 Å². The molecule has 0 saturated carbocycles. The van der Waals surface area contributed by atoms with Crippen LogP contribution in [0, 0.1) is 0 Å². The molecule has 0 amide bonds. The molecule has 0 aliphatic rings. The molecule has 0 fully saturated rings.